The van der Waals surface area contributed by atoms with Gasteiger partial charge in [0.05, 0.1) is 12.1 Å². The van der Waals surface area contributed by atoms with Crippen molar-refractivity contribution in [3.63, 3.8) is 0 Å². The van der Waals surface area contributed by atoms with Gasteiger partial charge in [0.2, 0.25) is 5.91 Å². The van der Waals surface area contributed by atoms with E-state index in [9.17, 15) is 9.18 Å². The maximum Gasteiger partial charge on any atom is 0.228 e. The largest absolute Gasteiger partial charge is 0.326 e. The molecule has 4 nitrogen and oxygen atoms in total. The SMILES string of the molecule is O=C(Cc1ccccc1F)Nc1ccc2c(c1)CN(Cc1ccccn1)CC2. The molecule has 0 fully saturated rings. The second-order valence-electron chi connectivity index (χ2n) is 7.08. The molecular formula is C23H22FN3O. The first-order valence-corrected chi connectivity index (χ1v) is 9.45. The third kappa shape index (κ3) is 4.43. The highest BCUT2D eigenvalue weighted by Crippen LogP contribution is 2.24. The number of fused-ring (bicyclic) bond motifs is 1. The fourth-order valence-corrected chi connectivity index (χ4v) is 3.57. The Labute approximate surface area is 164 Å². The first-order chi connectivity index (χ1) is 13.7. The number of benzene rings is 2. The topological polar surface area (TPSA) is 45.2 Å². The first-order valence-electron chi connectivity index (χ1n) is 9.45. The first kappa shape index (κ1) is 18.3. The van der Waals surface area contributed by atoms with E-state index in [0.29, 0.717) is 5.56 Å². The smallest absolute Gasteiger partial charge is 0.228 e. The lowest BCUT2D eigenvalue weighted by atomic mass is 9.98. The number of hydrogen-bond donors (Lipinski definition) is 1. The van der Waals surface area contributed by atoms with Gasteiger partial charge in [-0.2, -0.15) is 0 Å². The van der Waals surface area contributed by atoms with Crippen LogP contribution in [0.2, 0.25) is 0 Å². The van der Waals surface area contributed by atoms with Crippen molar-refractivity contribution < 1.29 is 9.18 Å². The van der Waals surface area contributed by atoms with E-state index in [4.69, 9.17) is 0 Å². The van der Waals surface area contributed by atoms with Crippen molar-refractivity contribution >= 4 is 11.6 Å². The van der Waals surface area contributed by atoms with Gasteiger partial charge in [-0.25, -0.2) is 4.39 Å². The lowest BCUT2D eigenvalue weighted by molar-refractivity contribution is -0.115. The molecule has 1 N–H and O–H groups in total. The average molecular weight is 375 g/mol. The Morgan fingerprint density at radius 1 is 1.07 bits per heavy atom. The summed E-state index contributed by atoms with van der Waals surface area (Å²) in [6.45, 7) is 2.62. The summed E-state index contributed by atoms with van der Waals surface area (Å²) in [5, 5.41) is 2.90. The molecule has 4 rings (SSSR count). The Morgan fingerprint density at radius 3 is 2.75 bits per heavy atom. The third-order valence-electron chi connectivity index (χ3n) is 5.00. The van der Waals surface area contributed by atoms with E-state index in [1.165, 1.54) is 17.2 Å². The molecule has 1 aliphatic heterocycles. The Balaban J connectivity index is 1.41. The van der Waals surface area contributed by atoms with Crippen LogP contribution >= 0.6 is 0 Å². The molecule has 0 radical (unpaired) electrons. The van der Waals surface area contributed by atoms with Crippen LogP contribution in [0.15, 0.2) is 66.9 Å². The van der Waals surface area contributed by atoms with Crippen LogP contribution in [0.25, 0.3) is 0 Å². The number of hydrogen-bond acceptors (Lipinski definition) is 3. The highest BCUT2D eigenvalue weighted by molar-refractivity contribution is 5.92. The van der Waals surface area contributed by atoms with E-state index in [2.05, 4.69) is 21.3 Å². The summed E-state index contributed by atoms with van der Waals surface area (Å²) in [7, 11) is 0. The number of rotatable bonds is 5. The number of halogens is 1. The molecule has 0 atom stereocenters. The molecule has 2 heterocycles. The minimum Gasteiger partial charge on any atom is -0.326 e. The van der Waals surface area contributed by atoms with E-state index in [0.717, 1.165) is 37.4 Å². The van der Waals surface area contributed by atoms with E-state index in [1.807, 2.05) is 36.5 Å². The Hall–Kier alpha value is -3.05. The Kier molecular flexibility index (Phi) is 5.44. The van der Waals surface area contributed by atoms with Crippen LogP contribution in [0.3, 0.4) is 0 Å². The van der Waals surface area contributed by atoms with Gasteiger partial charge in [-0.3, -0.25) is 14.7 Å². The number of pyridine rings is 1. The maximum atomic E-state index is 13.7. The monoisotopic (exact) mass is 375 g/mol. The number of nitrogens with one attached hydrogen (secondary N) is 1. The molecule has 2 aromatic carbocycles. The van der Waals surface area contributed by atoms with Gasteiger partial charge in [-0.1, -0.05) is 30.3 Å². The molecule has 28 heavy (non-hydrogen) atoms. The van der Waals surface area contributed by atoms with Crippen molar-refractivity contribution in [1.29, 1.82) is 0 Å². The third-order valence-corrected chi connectivity index (χ3v) is 5.00. The molecule has 142 valence electrons. The highest BCUT2D eigenvalue weighted by Gasteiger charge is 2.17. The van der Waals surface area contributed by atoms with Gasteiger partial charge in [0.15, 0.2) is 0 Å². The minimum atomic E-state index is -0.353. The van der Waals surface area contributed by atoms with Crippen LogP contribution in [0.4, 0.5) is 10.1 Å². The number of carbonyl (C=O) groups excluding carboxylic acids is 1. The molecular weight excluding hydrogens is 353 g/mol. The molecule has 0 unspecified atom stereocenters. The van der Waals surface area contributed by atoms with Crippen molar-refractivity contribution in [2.24, 2.45) is 0 Å². The maximum absolute atomic E-state index is 13.7. The summed E-state index contributed by atoms with van der Waals surface area (Å²) in [4.78, 5) is 19.1. The lowest BCUT2D eigenvalue weighted by Gasteiger charge is -2.28. The van der Waals surface area contributed by atoms with Crippen molar-refractivity contribution in [1.82, 2.24) is 9.88 Å². The summed E-state index contributed by atoms with van der Waals surface area (Å²) in [5.74, 6) is -0.570. The van der Waals surface area contributed by atoms with Gasteiger partial charge in [0.25, 0.3) is 0 Å². The Bertz CT molecular complexity index is 975. The van der Waals surface area contributed by atoms with Gasteiger partial charge < -0.3 is 5.32 Å². The molecule has 1 aliphatic rings. The lowest BCUT2D eigenvalue weighted by Crippen LogP contribution is -2.30. The van der Waals surface area contributed by atoms with Crippen LogP contribution in [-0.2, 0) is 30.7 Å². The molecule has 0 saturated heterocycles. The molecule has 1 amide bonds. The van der Waals surface area contributed by atoms with Crippen molar-refractivity contribution in [3.8, 4) is 0 Å². The predicted octanol–water partition coefficient (Wildman–Crippen LogP) is 3.96. The zero-order valence-corrected chi connectivity index (χ0v) is 15.6. The molecule has 3 aromatic rings. The van der Waals surface area contributed by atoms with E-state index < -0.39 is 0 Å². The molecule has 0 saturated carbocycles. The second-order valence-corrected chi connectivity index (χ2v) is 7.08. The molecule has 0 aliphatic carbocycles. The van der Waals surface area contributed by atoms with Crippen molar-refractivity contribution in [2.75, 3.05) is 11.9 Å². The van der Waals surface area contributed by atoms with Crippen molar-refractivity contribution in [3.05, 3.63) is 95.1 Å². The summed E-state index contributed by atoms with van der Waals surface area (Å²) in [6.07, 6.45) is 2.82. The molecule has 5 heteroatoms. The van der Waals surface area contributed by atoms with Gasteiger partial charge >= 0.3 is 0 Å². The number of nitrogens with zero attached hydrogens (tertiary/aromatic N) is 2. The standard InChI is InChI=1S/C23H22FN3O/c24-22-7-2-1-5-18(22)14-23(28)26-20-9-8-17-10-12-27(15-19(17)13-20)16-21-6-3-4-11-25-21/h1-9,11,13H,10,12,14-16H2,(H,26,28). The van der Waals surface area contributed by atoms with Crippen LogP contribution in [0.1, 0.15) is 22.4 Å². The number of aromatic nitrogens is 1. The predicted molar refractivity (Wildman–Crippen MR) is 107 cm³/mol. The quantitative estimate of drug-likeness (QED) is 0.734. The fourth-order valence-electron chi connectivity index (χ4n) is 3.57. The van der Waals surface area contributed by atoms with E-state index in [-0.39, 0.29) is 18.1 Å². The highest BCUT2D eigenvalue weighted by atomic mass is 19.1. The van der Waals surface area contributed by atoms with Crippen LogP contribution in [-0.4, -0.2) is 22.3 Å². The molecule has 0 spiro atoms. The Morgan fingerprint density at radius 2 is 1.93 bits per heavy atom. The number of carbonyl (C=O) groups is 1. The van der Waals surface area contributed by atoms with E-state index in [1.54, 1.807) is 18.2 Å². The minimum absolute atomic E-state index is 0.0234. The van der Waals surface area contributed by atoms with Crippen LogP contribution in [0, 0.1) is 5.82 Å². The van der Waals surface area contributed by atoms with Gasteiger partial charge in [0.1, 0.15) is 5.82 Å². The summed E-state index contributed by atoms with van der Waals surface area (Å²) < 4.78 is 13.7. The zero-order chi connectivity index (χ0) is 19.3. The second kappa shape index (κ2) is 8.31. The summed E-state index contributed by atoms with van der Waals surface area (Å²) in [6, 6.07) is 18.4. The van der Waals surface area contributed by atoms with Crippen LogP contribution in [0.5, 0.6) is 0 Å². The average Bonchev–Trinajstić information content (AvgIpc) is 2.70. The van der Waals surface area contributed by atoms with Crippen molar-refractivity contribution in [2.45, 2.75) is 25.9 Å². The van der Waals surface area contributed by atoms with Gasteiger partial charge in [-0.15, -0.1) is 0 Å². The van der Waals surface area contributed by atoms with Crippen LogP contribution < -0.4 is 5.32 Å². The zero-order valence-electron chi connectivity index (χ0n) is 15.6. The summed E-state index contributed by atoms with van der Waals surface area (Å²) in [5.41, 5.74) is 4.73. The van der Waals surface area contributed by atoms with Gasteiger partial charge in [-0.05, 0) is 53.4 Å². The van der Waals surface area contributed by atoms with E-state index >= 15 is 0 Å². The number of anilines is 1. The van der Waals surface area contributed by atoms with Gasteiger partial charge in [0, 0.05) is 31.5 Å². The molecule has 0 bridgehead atoms. The normalized spacial score (nSPS) is 13.8. The number of amides is 1. The summed E-state index contributed by atoms with van der Waals surface area (Å²) >= 11 is 0. The molecule has 1 aromatic heterocycles. The fraction of sp³-hybridized carbons (Fsp3) is 0.217.